The monoisotopic (exact) mass is 454 g/mol. The lowest BCUT2D eigenvalue weighted by molar-refractivity contribution is -0.157. The van der Waals surface area contributed by atoms with Gasteiger partial charge < -0.3 is 5.11 Å². The van der Waals surface area contributed by atoms with Crippen LogP contribution < -0.4 is 0 Å². The molecule has 0 unspecified atom stereocenters. The molecule has 0 aromatic heterocycles. The van der Waals surface area contributed by atoms with Gasteiger partial charge in [-0.05, 0) is 116 Å². The summed E-state index contributed by atoms with van der Waals surface area (Å²) >= 11 is 0. The minimum Gasteiger partial charge on any atom is -0.478 e. The van der Waals surface area contributed by atoms with E-state index in [0.717, 1.165) is 37.5 Å². The molecule has 0 heterocycles. The largest absolute Gasteiger partial charge is 0.478 e. The van der Waals surface area contributed by atoms with Crippen LogP contribution in [0.15, 0.2) is 11.6 Å². The van der Waals surface area contributed by atoms with Crippen LogP contribution in [0.5, 0.6) is 0 Å². The summed E-state index contributed by atoms with van der Waals surface area (Å²) in [6.45, 7) is 13.9. The quantitative estimate of drug-likeness (QED) is 0.439. The van der Waals surface area contributed by atoms with Gasteiger partial charge in [0.25, 0.3) is 0 Å². The summed E-state index contributed by atoms with van der Waals surface area (Å²) in [4.78, 5) is 24.0. The van der Waals surface area contributed by atoms with Gasteiger partial charge in [0, 0.05) is 17.4 Å². The van der Waals surface area contributed by atoms with E-state index in [1.165, 1.54) is 44.9 Å². The number of carbonyl (C=O) groups is 2. The highest BCUT2D eigenvalue weighted by molar-refractivity contribution is 5.86. The van der Waals surface area contributed by atoms with Crippen LogP contribution in [-0.2, 0) is 9.59 Å². The molecule has 0 aliphatic heterocycles. The number of ketones is 1. The summed E-state index contributed by atoms with van der Waals surface area (Å²) in [5.74, 6) is 2.55. The molecule has 2 spiro atoms. The van der Waals surface area contributed by atoms with E-state index >= 15 is 0 Å². The molecule has 3 heteroatoms. The number of fused-ring (bicyclic) bond motifs is 2. The lowest BCUT2D eigenvalue weighted by Crippen LogP contribution is -2.57. The summed E-state index contributed by atoms with van der Waals surface area (Å²) in [6.07, 6.45) is 15.3. The fourth-order valence-corrected chi connectivity index (χ4v) is 11.0. The fraction of sp³-hybridized carbons (Fsp3) is 0.867. The number of aliphatic carboxylic acids is 1. The molecule has 0 amide bonds. The van der Waals surface area contributed by atoms with Gasteiger partial charge in [0.05, 0.1) is 0 Å². The summed E-state index contributed by atoms with van der Waals surface area (Å²) in [5.41, 5.74) is 2.14. The van der Waals surface area contributed by atoms with Crippen molar-refractivity contribution in [2.24, 2.45) is 50.7 Å². The van der Waals surface area contributed by atoms with Crippen LogP contribution in [0, 0.1) is 50.7 Å². The maximum atomic E-state index is 12.8. The first-order chi connectivity index (χ1) is 15.4. The number of hydrogen-bond acceptors (Lipinski definition) is 2. The molecule has 3 nitrogen and oxygen atoms in total. The number of carbonyl (C=O) groups excluding carboxylic acids is 1. The third kappa shape index (κ3) is 2.86. The number of carboxylic acids is 1. The molecule has 1 N–H and O–H groups in total. The van der Waals surface area contributed by atoms with Gasteiger partial charge in [0.2, 0.25) is 0 Å². The van der Waals surface area contributed by atoms with Gasteiger partial charge in [-0.1, -0.05) is 40.7 Å². The third-order valence-corrected chi connectivity index (χ3v) is 13.0. The summed E-state index contributed by atoms with van der Waals surface area (Å²) in [6, 6.07) is 0. The molecule has 8 atom stereocenters. The molecule has 5 fully saturated rings. The van der Waals surface area contributed by atoms with E-state index in [1.807, 2.05) is 6.08 Å². The molecule has 0 aromatic rings. The van der Waals surface area contributed by atoms with Crippen LogP contribution in [0.25, 0.3) is 0 Å². The van der Waals surface area contributed by atoms with Gasteiger partial charge in [-0.25, -0.2) is 4.79 Å². The number of hydrogen-bond donors (Lipinski definition) is 1. The first-order valence-corrected chi connectivity index (χ1v) is 13.8. The third-order valence-electron chi connectivity index (χ3n) is 13.0. The smallest absolute Gasteiger partial charge is 0.330 e. The zero-order chi connectivity index (χ0) is 24.0. The van der Waals surface area contributed by atoms with Crippen molar-refractivity contribution in [3.8, 4) is 0 Å². The van der Waals surface area contributed by atoms with Crippen molar-refractivity contribution in [3.63, 3.8) is 0 Å². The van der Waals surface area contributed by atoms with Crippen molar-refractivity contribution in [1.29, 1.82) is 0 Å². The Morgan fingerprint density at radius 2 is 1.67 bits per heavy atom. The Hall–Kier alpha value is -1.12. The van der Waals surface area contributed by atoms with Crippen LogP contribution in [0.4, 0.5) is 0 Å². The second-order valence-corrected chi connectivity index (χ2v) is 14.0. The van der Waals surface area contributed by atoms with Gasteiger partial charge in [-0.3, -0.25) is 4.79 Å². The molecule has 5 aliphatic rings. The van der Waals surface area contributed by atoms with Crippen molar-refractivity contribution >= 4 is 11.8 Å². The lowest BCUT2D eigenvalue weighted by atomic mass is 9.42. The zero-order valence-corrected chi connectivity index (χ0v) is 21.9. The number of Topliss-reactive ketones (excluding diaryl/α,β-unsaturated/α-hetero) is 1. The Balaban J connectivity index is 1.37. The fourth-order valence-electron chi connectivity index (χ4n) is 11.0. The molecule has 33 heavy (non-hydrogen) atoms. The van der Waals surface area contributed by atoms with Crippen molar-refractivity contribution in [2.75, 3.05) is 0 Å². The van der Waals surface area contributed by atoms with Gasteiger partial charge in [-0.15, -0.1) is 0 Å². The predicted molar refractivity (Wildman–Crippen MR) is 132 cm³/mol. The van der Waals surface area contributed by atoms with Crippen molar-refractivity contribution < 1.29 is 14.7 Å². The van der Waals surface area contributed by atoms with Crippen LogP contribution in [-0.4, -0.2) is 16.9 Å². The van der Waals surface area contributed by atoms with Crippen molar-refractivity contribution in [2.45, 2.75) is 112 Å². The molecular weight excluding hydrogens is 408 g/mol. The topological polar surface area (TPSA) is 54.4 Å². The Morgan fingerprint density at radius 1 is 1.00 bits per heavy atom. The molecular formula is C30H46O3. The highest BCUT2D eigenvalue weighted by Gasteiger charge is 2.82. The maximum absolute atomic E-state index is 12.8. The average Bonchev–Trinajstić information content (AvgIpc) is 3.33. The molecule has 0 saturated heterocycles. The average molecular weight is 455 g/mol. The van der Waals surface area contributed by atoms with E-state index in [2.05, 4.69) is 34.6 Å². The first kappa shape index (κ1) is 23.6. The Labute approximate surface area is 201 Å². The minimum atomic E-state index is -0.790. The minimum absolute atomic E-state index is 0.122. The number of carboxylic acid groups (broad SMARTS) is 1. The second-order valence-electron chi connectivity index (χ2n) is 14.0. The highest BCUT2D eigenvalue weighted by atomic mass is 16.4. The molecule has 0 aromatic carbocycles. The summed E-state index contributed by atoms with van der Waals surface area (Å²) in [7, 11) is 0. The maximum Gasteiger partial charge on any atom is 0.330 e. The summed E-state index contributed by atoms with van der Waals surface area (Å²) < 4.78 is 0. The Kier molecular flexibility index (Phi) is 5.15. The first-order valence-electron chi connectivity index (χ1n) is 13.8. The van der Waals surface area contributed by atoms with Crippen LogP contribution in [0.1, 0.15) is 112 Å². The van der Waals surface area contributed by atoms with Crippen molar-refractivity contribution in [3.05, 3.63) is 11.6 Å². The molecule has 5 rings (SSSR count). The standard InChI is InChI=1S/C30H46O3/c1-19(8-7-9-20(2)25(32)33)21-12-14-28(6)23-11-10-22-26(3,4)24(31)13-15-29(22)18-30(23,29)17-16-27(21,28)5/h9,19,21-23H,7-8,10-18H2,1-6H3,(H,32,33)/b20-9+/t19-,21-,22-,23+,27-,28+,29-,30+/m1/s1. The lowest BCUT2D eigenvalue weighted by Gasteiger charge is -2.62. The molecule has 5 saturated carbocycles. The number of rotatable bonds is 5. The van der Waals surface area contributed by atoms with Crippen molar-refractivity contribution in [1.82, 2.24) is 0 Å². The SMILES string of the molecule is C/C(=C\CC[C@@H](C)[C@H]1CC[C@@]2(C)[C@@H]3CC[C@@H]4C(C)(C)C(=O)CC[C@@]45C[C@@]35CC[C@]12C)C(=O)O. The van der Waals surface area contributed by atoms with E-state index in [-0.39, 0.29) is 5.41 Å². The molecule has 5 aliphatic carbocycles. The second kappa shape index (κ2) is 7.20. The molecule has 184 valence electrons. The van der Waals surface area contributed by atoms with Crippen LogP contribution in [0.2, 0.25) is 0 Å². The van der Waals surface area contributed by atoms with E-state index in [1.54, 1.807) is 6.92 Å². The van der Waals surface area contributed by atoms with Gasteiger partial charge >= 0.3 is 5.97 Å². The molecule has 0 bridgehead atoms. The van der Waals surface area contributed by atoms with Gasteiger partial charge in [0.1, 0.15) is 5.78 Å². The van der Waals surface area contributed by atoms with Gasteiger partial charge in [-0.2, -0.15) is 0 Å². The van der Waals surface area contributed by atoms with E-state index < -0.39 is 5.97 Å². The Bertz CT molecular complexity index is 900. The zero-order valence-electron chi connectivity index (χ0n) is 21.9. The highest BCUT2D eigenvalue weighted by Crippen LogP contribution is 2.88. The van der Waals surface area contributed by atoms with Crippen LogP contribution in [0.3, 0.4) is 0 Å². The molecule has 0 radical (unpaired) electrons. The van der Waals surface area contributed by atoms with E-state index in [9.17, 15) is 9.59 Å². The Morgan fingerprint density at radius 3 is 2.36 bits per heavy atom. The van der Waals surface area contributed by atoms with Crippen LogP contribution >= 0.6 is 0 Å². The predicted octanol–water partition coefficient (Wildman–Crippen LogP) is 7.44. The summed E-state index contributed by atoms with van der Waals surface area (Å²) in [5, 5.41) is 9.17. The van der Waals surface area contributed by atoms with E-state index in [4.69, 9.17) is 5.11 Å². The number of allylic oxidation sites excluding steroid dienone is 1. The normalized spacial score (nSPS) is 48.8. The van der Waals surface area contributed by atoms with E-state index in [0.29, 0.717) is 44.9 Å². The van der Waals surface area contributed by atoms with Gasteiger partial charge in [0.15, 0.2) is 0 Å².